The maximum absolute atomic E-state index is 9.20. The Labute approximate surface area is 84.4 Å². The molecule has 13 heavy (non-hydrogen) atoms. The van der Waals surface area contributed by atoms with Gasteiger partial charge in [-0.15, -0.1) is 0 Å². The number of aliphatic hydroxyl groups excluding tert-OH is 1. The van der Waals surface area contributed by atoms with Crippen molar-refractivity contribution in [1.82, 2.24) is 0 Å². The van der Waals surface area contributed by atoms with Crippen molar-refractivity contribution in [3.05, 3.63) is 34.9 Å². The minimum atomic E-state index is 0.179. The van der Waals surface area contributed by atoms with Gasteiger partial charge in [-0.05, 0) is 23.6 Å². The molecule has 0 radical (unpaired) electrons. The summed E-state index contributed by atoms with van der Waals surface area (Å²) in [5.74, 6) is 0.627. The van der Waals surface area contributed by atoms with E-state index in [2.05, 4.69) is 13.8 Å². The van der Waals surface area contributed by atoms with E-state index < -0.39 is 0 Å². The fourth-order valence-corrected chi connectivity index (χ4v) is 1.64. The summed E-state index contributed by atoms with van der Waals surface area (Å²) in [7, 11) is 0. The van der Waals surface area contributed by atoms with Crippen LogP contribution in [0.5, 0.6) is 0 Å². The second kappa shape index (κ2) is 4.64. The number of aliphatic hydroxyl groups is 1. The van der Waals surface area contributed by atoms with Crippen LogP contribution < -0.4 is 0 Å². The van der Waals surface area contributed by atoms with Crippen LogP contribution in [0, 0.1) is 5.92 Å². The molecule has 0 aromatic heterocycles. The maximum atomic E-state index is 9.20. The van der Waals surface area contributed by atoms with Crippen LogP contribution in [0.3, 0.4) is 0 Å². The highest BCUT2D eigenvalue weighted by Crippen LogP contribution is 2.25. The van der Waals surface area contributed by atoms with Gasteiger partial charge in [0.05, 0.1) is 6.61 Å². The predicted molar refractivity (Wildman–Crippen MR) is 56.1 cm³/mol. The van der Waals surface area contributed by atoms with Crippen molar-refractivity contribution >= 4 is 11.6 Å². The summed E-state index contributed by atoms with van der Waals surface area (Å²) in [5.41, 5.74) is 1.12. The van der Waals surface area contributed by atoms with Gasteiger partial charge < -0.3 is 5.11 Å². The molecule has 0 bridgehead atoms. The molecular formula is C11H15ClO. The first-order valence-corrected chi connectivity index (χ1v) is 4.89. The third kappa shape index (κ3) is 2.71. The zero-order valence-corrected chi connectivity index (χ0v) is 8.75. The highest BCUT2D eigenvalue weighted by atomic mass is 35.5. The van der Waals surface area contributed by atoms with Gasteiger partial charge in [0.1, 0.15) is 0 Å². The van der Waals surface area contributed by atoms with Gasteiger partial charge in [0.2, 0.25) is 0 Å². The third-order valence-corrected chi connectivity index (χ3v) is 2.51. The van der Waals surface area contributed by atoms with E-state index >= 15 is 0 Å². The fraction of sp³-hybridized carbons (Fsp3) is 0.455. The molecule has 2 heteroatoms. The van der Waals surface area contributed by atoms with Gasteiger partial charge in [-0.1, -0.05) is 37.6 Å². The van der Waals surface area contributed by atoms with Crippen LogP contribution in [-0.4, -0.2) is 11.7 Å². The molecule has 0 amide bonds. The molecule has 1 nitrogen and oxygen atoms in total. The fourth-order valence-electron chi connectivity index (χ4n) is 1.44. The van der Waals surface area contributed by atoms with Gasteiger partial charge in [-0.2, -0.15) is 0 Å². The van der Waals surface area contributed by atoms with Crippen LogP contribution in [0.1, 0.15) is 25.3 Å². The monoisotopic (exact) mass is 198 g/mol. The van der Waals surface area contributed by atoms with E-state index in [1.165, 1.54) is 0 Å². The Morgan fingerprint density at radius 1 is 1.38 bits per heavy atom. The van der Waals surface area contributed by atoms with E-state index in [1.807, 2.05) is 24.3 Å². The molecule has 0 saturated carbocycles. The molecule has 0 heterocycles. The lowest BCUT2D eigenvalue weighted by atomic mass is 9.89. The molecule has 1 N–H and O–H groups in total. The Morgan fingerprint density at radius 2 is 2.08 bits per heavy atom. The van der Waals surface area contributed by atoms with Gasteiger partial charge in [0.15, 0.2) is 0 Å². The second-order valence-electron chi connectivity index (χ2n) is 3.59. The van der Waals surface area contributed by atoms with E-state index in [1.54, 1.807) is 0 Å². The Morgan fingerprint density at radius 3 is 2.54 bits per heavy atom. The Bertz CT molecular complexity index is 271. The van der Waals surface area contributed by atoms with Gasteiger partial charge in [0.25, 0.3) is 0 Å². The molecule has 72 valence electrons. The zero-order valence-electron chi connectivity index (χ0n) is 8.00. The topological polar surface area (TPSA) is 20.2 Å². The van der Waals surface area contributed by atoms with Crippen molar-refractivity contribution in [3.8, 4) is 0 Å². The third-order valence-electron chi connectivity index (χ3n) is 2.28. The molecule has 1 rings (SSSR count). The largest absolute Gasteiger partial charge is 0.396 e. The predicted octanol–water partition coefficient (Wildman–Crippen LogP) is 3.07. The van der Waals surface area contributed by atoms with E-state index in [4.69, 9.17) is 11.6 Å². The van der Waals surface area contributed by atoms with Crippen LogP contribution in [0.25, 0.3) is 0 Å². The molecule has 0 aliphatic carbocycles. The van der Waals surface area contributed by atoms with Crippen molar-refractivity contribution in [3.63, 3.8) is 0 Å². The molecular weight excluding hydrogens is 184 g/mol. The molecule has 1 atom stereocenters. The Kier molecular flexibility index (Phi) is 3.76. The average Bonchev–Trinajstić information content (AvgIpc) is 2.04. The smallest absolute Gasteiger partial charge is 0.0502 e. The number of rotatable bonds is 3. The summed E-state index contributed by atoms with van der Waals surface area (Å²) in [5, 5.41) is 9.93. The van der Waals surface area contributed by atoms with E-state index in [-0.39, 0.29) is 12.5 Å². The molecule has 1 aromatic rings. The lowest BCUT2D eigenvalue weighted by Gasteiger charge is -2.18. The van der Waals surface area contributed by atoms with E-state index in [9.17, 15) is 5.11 Å². The summed E-state index contributed by atoms with van der Waals surface area (Å²) < 4.78 is 0. The molecule has 0 saturated heterocycles. The lowest BCUT2D eigenvalue weighted by molar-refractivity contribution is 0.237. The molecule has 0 unspecified atom stereocenters. The van der Waals surface area contributed by atoms with Crippen LogP contribution in [0.15, 0.2) is 24.3 Å². The Balaban J connectivity index is 2.91. The summed E-state index contributed by atoms with van der Waals surface area (Å²) in [6.45, 7) is 4.38. The quantitative estimate of drug-likeness (QED) is 0.792. The molecule has 0 spiro atoms. The highest BCUT2D eigenvalue weighted by Gasteiger charge is 2.14. The molecule has 1 aromatic carbocycles. The minimum Gasteiger partial charge on any atom is -0.396 e. The summed E-state index contributed by atoms with van der Waals surface area (Å²) in [4.78, 5) is 0. The zero-order chi connectivity index (χ0) is 9.84. The normalized spacial score (nSPS) is 13.3. The number of benzene rings is 1. The summed E-state index contributed by atoms with van der Waals surface area (Å²) in [6.07, 6.45) is 0. The first-order valence-electron chi connectivity index (χ1n) is 4.51. The molecule has 0 aliphatic rings. The van der Waals surface area contributed by atoms with E-state index in [0.717, 1.165) is 10.6 Å². The van der Waals surface area contributed by atoms with Crippen molar-refractivity contribution in [2.45, 2.75) is 19.8 Å². The summed E-state index contributed by atoms with van der Waals surface area (Å²) in [6, 6.07) is 7.69. The van der Waals surface area contributed by atoms with Crippen molar-refractivity contribution in [1.29, 1.82) is 0 Å². The molecule has 0 aliphatic heterocycles. The Hall–Kier alpha value is -0.530. The van der Waals surface area contributed by atoms with Crippen LogP contribution in [-0.2, 0) is 0 Å². The SMILES string of the molecule is CC(C)[C@H](CO)c1cccc(Cl)c1. The van der Waals surface area contributed by atoms with Gasteiger partial charge in [-0.25, -0.2) is 0 Å². The van der Waals surface area contributed by atoms with Crippen molar-refractivity contribution in [2.24, 2.45) is 5.92 Å². The van der Waals surface area contributed by atoms with Gasteiger partial charge in [0, 0.05) is 10.9 Å². The lowest BCUT2D eigenvalue weighted by Crippen LogP contribution is -2.10. The summed E-state index contributed by atoms with van der Waals surface area (Å²) >= 11 is 5.87. The number of hydrogen-bond acceptors (Lipinski definition) is 1. The van der Waals surface area contributed by atoms with Crippen molar-refractivity contribution in [2.75, 3.05) is 6.61 Å². The average molecular weight is 199 g/mol. The second-order valence-corrected chi connectivity index (χ2v) is 4.02. The van der Waals surface area contributed by atoms with E-state index in [0.29, 0.717) is 5.92 Å². The van der Waals surface area contributed by atoms with Crippen molar-refractivity contribution < 1.29 is 5.11 Å². The number of hydrogen-bond donors (Lipinski definition) is 1. The minimum absolute atomic E-state index is 0.179. The number of halogens is 1. The first kappa shape index (κ1) is 10.6. The van der Waals surface area contributed by atoms with Gasteiger partial charge >= 0.3 is 0 Å². The maximum Gasteiger partial charge on any atom is 0.0502 e. The van der Waals surface area contributed by atoms with Gasteiger partial charge in [-0.3, -0.25) is 0 Å². The highest BCUT2D eigenvalue weighted by molar-refractivity contribution is 6.30. The van der Waals surface area contributed by atoms with Crippen LogP contribution >= 0.6 is 11.6 Å². The van der Waals surface area contributed by atoms with Crippen LogP contribution in [0.4, 0.5) is 0 Å². The van der Waals surface area contributed by atoms with Crippen LogP contribution in [0.2, 0.25) is 5.02 Å². The molecule has 0 fully saturated rings. The first-order chi connectivity index (χ1) is 6.15. The standard InChI is InChI=1S/C11H15ClO/c1-8(2)11(7-13)9-4-3-5-10(12)6-9/h3-6,8,11,13H,7H2,1-2H3/t11-/m0/s1.